The van der Waals surface area contributed by atoms with E-state index in [0.717, 1.165) is 27.8 Å². The van der Waals surface area contributed by atoms with Gasteiger partial charge in [0.1, 0.15) is 21.8 Å². The standard InChI is InChI=1S/C46H37ClN4O5S2/c1-29-48-38(42(47)58-29)39(50-56-46(32-21-11-4-12-22-32,33-23-13-5-14-24-33)34-25-15-6-16-26-34)43(52)49-37-35-27-28-36(57)40(51(35)44(37)53)45(54)55-41(30-17-7-2-8-18-30)31-19-9-3-10-20-31/h2-26,35,37,41,57H,27-28H2,1H3,(H,49,52)/b50-39+/t35?,37-/m0/s1. The summed E-state index contributed by atoms with van der Waals surface area (Å²) in [4.78, 5) is 55.6. The van der Waals surface area contributed by atoms with Crippen molar-refractivity contribution in [2.75, 3.05) is 0 Å². The molecule has 1 unspecified atom stereocenters. The Labute approximate surface area is 350 Å². The van der Waals surface area contributed by atoms with Crippen LogP contribution in [-0.2, 0) is 29.6 Å². The molecule has 12 heteroatoms. The molecule has 2 aliphatic rings. The van der Waals surface area contributed by atoms with Gasteiger partial charge < -0.3 is 14.9 Å². The molecule has 5 aromatic carbocycles. The summed E-state index contributed by atoms with van der Waals surface area (Å²) >= 11 is 12.5. The van der Waals surface area contributed by atoms with E-state index in [4.69, 9.17) is 21.2 Å². The minimum absolute atomic E-state index is 0.0562. The maximum absolute atomic E-state index is 14.5. The molecular formula is C46H37ClN4O5S2. The molecule has 2 amide bonds. The van der Waals surface area contributed by atoms with Crippen molar-refractivity contribution in [1.82, 2.24) is 15.2 Å². The third-order valence-corrected chi connectivity index (χ3v) is 11.9. The van der Waals surface area contributed by atoms with Crippen LogP contribution in [0.5, 0.6) is 0 Å². The normalized spacial score (nSPS) is 16.7. The minimum atomic E-state index is -1.31. The van der Waals surface area contributed by atoms with Gasteiger partial charge in [-0.2, -0.15) is 0 Å². The monoisotopic (exact) mass is 824 g/mol. The SMILES string of the molecule is Cc1nc(/C(=N\OC(c2ccccc2)(c2ccccc2)c2ccccc2)C(=O)N[C@@H]2C(=O)N3C(C(=O)OC(c4ccccc4)c4ccccc4)=C(S)CCC23)c(Cl)s1. The number of aromatic nitrogens is 1. The molecule has 0 saturated carbocycles. The third kappa shape index (κ3) is 7.44. The summed E-state index contributed by atoms with van der Waals surface area (Å²) in [5, 5.41) is 8.10. The zero-order valence-corrected chi connectivity index (χ0v) is 33.7. The first-order valence-electron chi connectivity index (χ1n) is 18.7. The Morgan fingerprint density at radius 1 is 0.828 bits per heavy atom. The molecule has 58 heavy (non-hydrogen) atoms. The average Bonchev–Trinajstić information content (AvgIpc) is 3.61. The average molecular weight is 825 g/mol. The van der Waals surface area contributed by atoms with E-state index in [1.807, 2.05) is 152 Å². The van der Waals surface area contributed by atoms with E-state index in [1.165, 1.54) is 16.2 Å². The molecule has 290 valence electrons. The van der Waals surface area contributed by atoms with Crippen LogP contribution in [-0.4, -0.2) is 45.5 Å². The molecule has 1 saturated heterocycles. The van der Waals surface area contributed by atoms with Gasteiger partial charge in [-0.25, -0.2) is 9.78 Å². The number of hydrogen-bond donors (Lipinski definition) is 2. The molecule has 0 spiro atoms. The number of esters is 1. The van der Waals surface area contributed by atoms with Crippen LogP contribution in [0, 0.1) is 6.92 Å². The van der Waals surface area contributed by atoms with Crippen molar-refractivity contribution in [3.63, 3.8) is 0 Å². The topological polar surface area (TPSA) is 110 Å². The summed E-state index contributed by atoms with van der Waals surface area (Å²) in [5.74, 6) is -1.89. The first-order valence-corrected chi connectivity index (χ1v) is 20.3. The van der Waals surface area contributed by atoms with Crippen LogP contribution in [0.15, 0.2) is 167 Å². The van der Waals surface area contributed by atoms with Gasteiger partial charge in [0.15, 0.2) is 11.8 Å². The second-order valence-electron chi connectivity index (χ2n) is 13.8. The molecule has 0 bridgehead atoms. The van der Waals surface area contributed by atoms with Gasteiger partial charge >= 0.3 is 5.97 Å². The number of ether oxygens (including phenoxy) is 1. The highest BCUT2D eigenvalue weighted by molar-refractivity contribution is 7.84. The van der Waals surface area contributed by atoms with Crippen molar-refractivity contribution in [2.24, 2.45) is 5.16 Å². The Bertz CT molecular complexity index is 2360. The molecule has 6 aromatic rings. The van der Waals surface area contributed by atoms with Crippen molar-refractivity contribution in [2.45, 2.75) is 43.6 Å². The van der Waals surface area contributed by atoms with Gasteiger partial charge in [0.05, 0.1) is 11.0 Å². The van der Waals surface area contributed by atoms with Crippen molar-refractivity contribution < 1.29 is 24.0 Å². The fourth-order valence-electron chi connectivity index (χ4n) is 7.52. The highest BCUT2D eigenvalue weighted by Gasteiger charge is 2.54. The Hall–Kier alpha value is -6.01. The van der Waals surface area contributed by atoms with Gasteiger partial charge in [-0.15, -0.1) is 24.0 Å². The number of nitrogens with one attached hydrogen (secondary N) is 1. The number of amides is 2. The summed E-state index contributed by atoms with van der Waals surface area (Å²) in [6, 6.07) is 46.1. The minimum Gasteiger partial charge on any atom is -0.448 e. The number of β-lactam (4-membered cyclic amide) rings is 1. The lowest BCUT2D eigenvalue weighted by Gasteiger charge is -2.50. The zero-order chi connectivity index (χ0) is 40.2. The number of nitrogens with zero attached hydrogens (tertiary/aromatic N) is 3. The van der Waals surface area contributed by atoms with Crippen LogP contribution in [0.3, 0.4) is 0 Å². The van der Waals surface area contributed by atoms with E-state index in [9.17, 15) is 14.4 Å². The van der Waals surface area contributed by atoms with Crippen molar-refractivity contribution in [3.05, 3.63) is 205 Å². The number of allylic oxidation sites excluding steroid dienone is 1. The number of oxime groups is 1. The van der Waals surface area contributed by atoms with E-state index in [-0.39, 0.29) is 21.4 Å². The number of thiol groups is 1. The molecular weight excluding hydrogens is 788 g/mol. The first-order chi connectivity index (χ1) is 28.3. The first kappa shape index (κ1) is 38.8. The Morgan fingerprint density at radius 2 is 1.31 bits per heavy atom. The molecule has 3 heterocycles. The molecule has 2 aliphatic heterocycles. The van der Waals surface area contributed by atoms with Crippen molar-refractivity contribution >= 4 is 59.1 Å². The van der Waals surface area contributed by atoms with Crippen molar-refractivity contribution in [3.8, 4) is 0 Å². The lowest BCUT2D eigenvalue weighted by Crippen LogP contribution is -2.72. The van der Waals surface area contributed by atoms with Gasteiger partial charge in [0.2, 0.25) is 5.60 Å². The Kier molecular flexibility index (Phi) is 11.3. The number of aryl methyl sites for hydroxylation is 1. The predicted octanol–water partition coefficient (Wildman–Crippen LogP) is 8.78. The lowest BCUT2D eigenvalue weighted by atomic mass is 9.80. The maximum atomic E-state index is 14.5. The fourth-order valence-corrected chi connectivity index (χ4v) is 8.95. The maximum Gasteiger partial charge on any atom is 0.356 e. The van der Waals surface area contributed by atoms with E-state index < -0.39 is 41.6 Å². The van der Waals surface area contributed by atoms with E-state index in [1.54, 1.807) is 6.92 Å². The van der Waals surface area contributed by atoms with Crippen LogP contribution in [0.25, 0.3) is 0 Å². The van der Waals surface area contributed by atoms with Gasteiger partial charge in [0, 0.05) is 21.6 Å². The number of carbonyl (C=O) groups is 3. The molecule has 9 nitrogen and oxygen atoms in total. The number of benzene rings is 5. The predicted molar refractivity (Wildman–Crippen MR) is 227 cm³/mol. The van der Waals surface area contributed by atoms with Gasteiger partial charge in [-0.05, 0) is 30.9 Å². The molecule has 1 fully saturated rings. The number of rotatable bonds is 12. The summed E-state index contributed by atoms with van der Waals surface area (Å²) in [6.07, 6.45) is 0.117. The smallest absolute Gasteiger partial charge is 0.356 e. The van der Waals surface area contributed by atoms with Crippen LogP contribution >= 0.6 is 35.6 Å². The zero-order valence-electron chi connectivity index (χ0n) is 31.2. The van der Waals surface area contributed by atoms with E-state index in [2.05, 4.69) is 28.1 Å². The second-order valence-corrected chi connectivity index (χ2v) is 16.2. The molecule has 1 aromatic heterocycles. The molecule has 0 aliphatic carbocycles. The fraction of sp³-hybridized carbons (Fsp3) is 0.152. The van der Waals surface area contributed by atoms with E-state index >= 15 is 0 Å². The Balaban J connectivity index is 1.11. The molecule has 8 rings (SSSR count). The summed E-state index contributed by atoms with van der Waals surface area (Å²) < 4.78 is 6.38. The molecule has 0 radical (unpaired) electrons. The lowest BCUT2D eigenvalue weighted by molar-refractivity contribution is -0.158. The van der Waals surface area contributed by atoms with Crippen LogP contribution < -0.4 is 5.32 Å². The highest BCUT2D eigenvalue weighted by Crippen LogP contribution is 2.42. The van der Waals surface area contributed by atoms with Crippen molar-refractivity contribution in [1.29, 1.82) is 0 Å². The summed E-state index contributed by atoms with van der Waals surface area (Å²) in [5.41, 5.74) is 2.50. The highest BCUT2D eigenvalue weighted by atomic mass is 35.5. The number of thiazole rings is 1. The summed E-state index contributed by atoms with van der Waals surface area (Å²) in [7, 11) is 0. The molecule has 2 atom stereocenters. The number of hydrogen-bond acceptors (Lipinski definition) is 9. The van der Waals surface area contributed by atoms with Gasteiger partial charge in [-0.1, -0.05) is 168 Å². The third-order valence-electron chi connectivity index (χ3n) is 10.3. The second kappa shape index (κ2) is 16.8. The Morgan fingerprint density at radius 3 is 1.78 bits per heavy atom. The van der Waals surface area contributed by atoms with Crippen LogP contribution in [0.2, 0.25) is 4.34 Å². The van der Waals surface area contributed by atoms with Crippen LogP contribution in [0.1, 0.15) is 57.5 Å². The van der Waals surface area contributed by atoms with Crippen LogP contribution in [0.4, 0.5) is 0 Å². The van der Waals surface area contributed by atoms with E-state index in [0.29, 0.717) is 22.8 Å². The van der Waals surface area contributed by atoms with Gasteiger partial charge in [0.25, 0.3) is 11.8 Å². The number of fused-ring (bicyclic) bond motifs is 1. The van der Waals surface area contributed by atoms with Gasteiger partial charge in [-0.3, -0.25) is 14.5 Å². The number of halogens is 1. The quantitative estimate of drug-likeness (QED) is 0.0319. The summed E-state index contributed by atoms with van der Waals surface area (Å²) in [6.45, 7) is 1.77. The number of carbonyl (C=O) groups excluding carboxylic acids is 3. The molecule has 1 N–H and O–H groups in total. The largest absolute Gasteiger partial charge is 0.448 e.